The lowest BCUT2D eigenvalue weighted by Crippen LogP contribution is -2.53. The molecule has 0 radical (unpaired) electrons. The third kappa shape index (κ3) is 3.74. The van der Waals surface area contributed by atoms with Gasteiger partial charge in [-0.15, -0.1) is 0 Å². The van der Waals surface area contributed by atoms with Gasteiger partial charge in [0.2, 0.25) is 5.91 Å². The van der Waals surface area contributed by atoms with E-state index in [9.17, 15) is 9.59 Å². The number of aromatic nitrogens is 2. The number of benzene rings is 1. The number of carbonyl (C=O) groups is 1. The Balaban J connectivity index is 1.39. The molecule has 28 heavy (non-hydrogen) atoms. The van der Waals surface area contributed by atoms with Gasteiger partial charge in [0.1, 0.15) is 5.52 Å². The maximum Gasteiger partial charge on any atom is 0.417 e. The topological polar surface area (TPSA) is 108 Å². The number of H-pyrrole nitrogens is 1. The van der Waals surface area contributed by atoms with Crippen molar-refractivity contribution in [2.75, 3.05) is 31.1 Å². The predicted molar refractivity (Wildman–Crippen MR) is 107 cm³/mol. The van der Waals surface area contributed by atoms with Crippen molar-refractivity contribution in [3.05, 3.63) is 57.8 Å². The summed E-state index contributed by atoms with van der Waals surface area (Å²) in [4.78, 5) is 34.7. The van der Waals surface area contributed by atoms with Crippen molar-refractivity contribution in [1.29, 1.82) is 0 Å². The summed E-state index contributed by atoms with van der Waals surface area (Å²) in [6, 6.07) is 6.62. The number of hydrogen-bond donors (Lipinski definition) is 2. The van der Waals surface area contributed by atoms with Crippen LogP contribution in [0.2, 0.25) is 5.02 Å². The average Bonchev–Trinajstić information content (AvgIpc) is 3.09. The Morgan fingerprint density at radius 3 is 2.68 bits per heavy atom. The average molecular weight is 402 g/mol. The van der Waals surface area contributed by atoms with Gasteiger partial charge in [0, 0.05) is 44.3 Å². The number of fused-ring (bicyclic) bond motifs is 1. The van der Waals surface area contributed by atoms with Gasteiger partial charge in [0.05, 0.1) is 11.1 Å². The van der Waals surface area contributed by atoms with Crippen LogP contribution in [0.1, 0.15) is 5.56 Å². The molecule has 1 aliphatic rings. The Morgan fingerprint density at radius 1 is 1.25 bits per heavy atom. The zero-order valence-electron chi connectivity index (χ0n) is 15.1. The van der Waals surface area contributed by atoms with E-state index in [2.05, 4.69) is 14.9 Å². The van der Waals surface area contributed by atoms with Crippen LogP contribution in [0.25, 0.3) is 11.1 Å². The first-order chi connectivity index (χ1) is 13.5. The van der Waals surface area contributed by atoms with Gasteiger partial charge in [-0.25, -0.2) is 4.79 Å². The van der Waals surface area contributed by atoms with Crippen LogP contribution in [0.15, 0.2) is 45.9 Å². The van der Waals surface area contributed by atoms with Crippen molar-refractivity contribution in [3.8, 4) is 0 Å². The van der Waals surface area contributed by atoms with E-state index in [1.165, 1.54) is 0 Å². The lowest BCUT2D eigenvalue weighted by atomic mass is 10.0. The van der Waals surface area contributed by atoms with Crippen LogP contribution in [0, 0.1) is 0 Å². The molecule has 3 aromatic rings. The molecular weight excluding hydrogens is 382 g/mol. The molecule has 1 saturated heterocycles. The van der Waals surface area contributed by atoms with E-state index in [0.717, 1.165) is 24.3 Å². The van der Waals surface area contributed by atoms with Gasteiger partial charge in [0.25, 0.3) is 0 Å². The molecule has 8 nitrogen and oxygen atoms in total. The highest BCUT2D eigenvalue weighted by atomic mass is 35.5. The number of rotatable bonds is 4. The maximum atomic E-state index is 12.8. The number of nitrogens with two attached hydrogens (primary N) is 1. The zero-order valence-corrected chi connectivity index (χ0v) is 15.9. The van der Waals surface area contributed by atoms with E-state index in [1.807, 2.05) is 12.1 Å². The number of oxazole rings is 1. The third-order valence-electron chi connectivity index (χ3n) is 4.94. The number of anilines is 1. The van der Waals surface area contributed by atoms with Gasteiger partial charge in [-0.1, -0.05) is 11.6 Å². The maximum absolute atomic E-state index is 12.8. The SMILES string of the molecule is NC(Cc1cc(Cl)c2[nH]c(=O)oc2c1)C(=O)N1CCN(c2ccncc2)CC1. The summed E-state index contributed by atoms with van der Waals surface area (Å²) in [5.41, 5.74) is 8.82. The highest BCUT2D eigenvalue weighted by molar-refractivity contribution is 6.34. The fraction of sp³-hybridized carbons (Fsp3) is 0.316. The van der Waals surface area contributed by atoms with Gasteiger partial charge in [0.15, 0.2) is 5.58 Å². The summed E-state index contributed by atoms with van der Waals surface area (Å²) in [6.45, 7) is 2.71. The van der Waals surface area contributed by atoms with E-state index in [1.54, 1.807) is 29.4 Å². The number of halogens is 1. The van der Waals surface area contributed by atoms with Gasteiger partial charge in [-0.3, -0.25) is 14.8 Å². The summed E-state index contributed by atoms with van der Waals surface area (Å²) in [7, 11) is 0. The number of piperazine rings is 1. The predicted octanol–water partition coefficient (Wildman–Crippen LogP) is 1.39. The molecule has 4 rings (SSSR count). The second kappa shape index (κ2) is 7.65. The summed E-state index contributed by atoms with van der Waals surface area (Å²) in [5, 5.41) is 0.365. The first-order valence-electron chi connectivity index (χ1n) is 9.02. The van der Waals surface area contributed by atoms with Crippen LogP contribution in [-0.2, 0) is 11.2 Å². The first-order valence-corrected chi connectivity index (χ1v) is 9.39. The van der Waals surface area contributed by atoms with Crippen molar-refractivity contribution in [2.45, 2.75) is 12.5 Å². The standard InChI is InChI=1S/C19H20ClN5O3/c20-14-9-12(11-16-17(14)23-19(27)28-16)10-15(21)18(26)25-7-5-24(6-8-25)13-1-3-22-4-2-13/h1-4,9,11,15H,5-8,10,21H2,(H,23,27). The molecule has 9 heteroatoms. The number of nitrogens with zero attached hydrogens (tertiary/aromatic N) is 3. The lowest BCUT2D eigenvalue weighted by Gasteiger charge is -2.37. The zero-order chi connectivity index (χ0) is 19.7. The van der Waals surface area contributed by atoms with Crippen LogP contribution in [0.5, 0.6) is 0 Å². The summed E-state index contributed by atoms with van der Waals surface area (Å²) in [6.07, 6.45) is 3.84. The molecule has 0 spiro atoms. The largest absolute Gasteiger partial charge is 0.417 e. The van der Waals surface area contributed by atoms with Gasteiger partial charge in [-0.05, 0) is 36.2 Å². The third-order valence-corrected chi connectivity index (χ3v) is 5.23. The molecule has 0 saturated carbocycles. The van der Waals surface area contributed by atoms with E-state index in [0.29, 0.717) is 35.6 Å². The van der Waals surface area contributed by atoms with Gasteiger partial charge < -0.3 is 20.0 Å². The smallest absolute Gasteiger partial charge is 0.408 e. The van der Waals surface area contributed by atoms with Gasteiger partial charge >= 0.3 is 5.76 Å². The monoisotopic (exact) mass is 401 g/mol. The van der Waals surface area contributed by atoms with Gasteiger partial charge in [-0.2, -0.15) is 0 Å². The lowest BCUT2D eigenvalue weighted by molar-refractivity contribution is -0.132. The molecule has 1 atom stereocenters. The quantitative estimate of drug-likeness (QED) is 0.683. The molecule has 3 heterocycles. The number of aromatic amines is 1. The first kappa shape index (κ1) is 18.5. The summed E-state index contributed by atoms with van der Waals surface area (Å²) < 4.78 is 5.06. The highest BCUT2D eigenvalue weighted by Crippen LogP contribution is 2.24. The fourth-order valence-corrected chi connectivity index (χ4v) is 3.78. The van der Waals surface area contributed by atoms with E-state index in [-0.39, 0.29) is 5.91 Å². The molecule has 1 aliphatic heterocycles. The second-order valence-corrected chi connectivity index (χ2v) is 7.20. The van der Waals surface area contributed by atoms with Crippen molar-refractivity contribution in [1.82, 2.24) is 14.9 Å². The Bertz CT molecular complexity index is 1040. The number of pyridine rings is 1. The van der Waals surface area contributed by atoms with Crippen molar-refractivity contribution < 1.29 is 9.21 Å². The Labute approximate surface area is 165 Å². The normalized spacial score (nSPS) is 15.8. The van der Waals surface area contributed by atoms with Crippen LogP contribution in [0.4, 0.5) is 5.69 Å². The molecule has 3 N–H and O–H groups in total. The highest BCUT2D eigenvalue weighted by Gasteiger charge is 2.26. The molecule has 1 amide bonds. The molecule has 1 unspecified atom stereocenters. The van der Waals surface area contributed by atoms with Crippen LogP contribution < -0.4 is 16.4 Å². The van der Waals surface area contributed by atoms with Crippen molar-refractivity contribution in [2.24, 2.45) is 5.73 Å². The number of nitrogens with one attached hydrogen (secondary N) is 1. The van der Waals surface area contributed by atoms with Crippen LogP contribution >= 0.6 is 11.6 Å². The van der Waals surface area contributed by atoms with Crippen LogP contribution in [0.3, 0.4) is 0 Å². The number of amides is 1. The van der Waals surface area contributed by atoms with Crippen molar-refractivity contribution >= 4 is 34.3 Å². The van der Waals surface area contributed by atoms with E-state index >= 15 is 0 Å². The van der Waals surface area contributed by atoms with Crippen molar-refractivity contribution in [3.63, 3.8) is 0 Å². The summed E-state index contributed by atoms with van der Waals surface area (Å²) >= 11 is 6.19. The minimum Gasteiger partial charge on any atom is -0.408 e. The molecular formula is C19H20ClN5O3. The second-order valence-electron chi connectivity index (χ2n) is 6.79. The Kier molecular flexibility index (Phi) is 5.06. The molecule has 146 valence electrons. The Hall–Kier alpha value is -2.84. The van der Waals surface area contributed by atoms with E-state index in [4.69, 9.17) is 21.8 Å². The number of hydrogen-bond acceptors (Lipinski definition) is 6. The molecule has 1 aromatic carbocycles. The minimum absolute atomic E-state index is 0.0962. The Morgan fingerprint density at radius 2 is 1.96 bits per heavy atom. The fourth-order valence-electron chi connectivity index (χ4n) is 3.50. The van der Waals surface area contributed by atoms with Crippen LogP contribution in [-0.4, -0.2) is 53.0 Å². The molecule has 0 aliphatic carbocycles. The minimum atomic E-state index is -0.688. The molecule has 2 aromatic heterocycles. The van der Waals surface area contributed by atoms with E-state index < -0.39 is 11.8 Å². The summed E-state index contributed by atoms with van der Waals surface area (Å²) in [5.74, 6) is -0.664. The molecule has 0 bridgehead atoms. The molecule has 1 fully saturated rings. The number of carbonyl (C=O) groups excluding carboxylic acids is 1.